The van der Waals surface area contributed by atoms with Crippen LogP contribution in [0.5, 0.6) is 0 Å². The van der Waals surface area contributed by atoms with E-state index in [1.807, 2.05) is 6.92 Å². The largest absolute Gasteiger partial charge is 0.395 e. The van der Waals surface area contributed by atoms with Crippen LogP contribution in [0.4, 0.5) is 0 Å². The van der Waals surface area contributed by atoms with Gasteiger partial charge in [0.05, 0.1) is 6.61 Å². The molecule has 3 N–H and O–H groups in total. The molecule has 0 radical (unpaired) electrons. The van der Waals surface area contributed by atoms with E-state index in [1.165, 1.54) is 11.1 Å². The van der Waals surface area contributed by atoms with Crippen molar-refractivity contribution in [3.05, 3.63) is 35.4 Å². The number of aryl methyl sites for hydroxylation is 1. The van der Waals surface area contributed by atoms with Crippen LogP contribution in [0.25, 0.3) is 0 Å². The molecule has 1 aromatic rings. The van der Waals surface area contributed by atoms with E-state index < -0.39 is 0 Å². The van der Waals surface area contributed by atoms with Gasteiger partial charge in [-0.05, 0) is 32.4 Å². The zero-order chi connectivity index (χ0) is 13.5. The highest BCUT2D eigenvalue weighted by Gasteiger charge is 2.23. The SMILES string of the molecule is CCCN(CCO)C(c1cccc(C)c1)C(C)N. The molecule has 1 rings (SSSR count). The van der Waals surface area contributed by atoms with Gasteiger partial charge < -0.3 is 10.8 Å². The Morgan fingerprint density at radius 3 is 2.56 bits per heavy atom. The van der Waals surface area contributed by atoms with Crippen molar-refractivity contribution in [3.8, 4) is 0 Å². The maximum Gasteiger partial charge on any atom is 0.0558 e. The van der Waals surface area contributed by atoms with Gasteiger partial charge in [-0.15, -0.1) is 0 Å². The molecule has 3 heteroatoms. The van der Waals surface area contributed by atoms with Crippen molar-refractivity contribution in [1.29, 1.82) is 0 Å². The Labute approximate surface area is 111 Å². The molecular weight excluding hydrogens is 224 g/mol. The van der Waals surface area contributed by atoms with E-state index in [-0.39, 0.29) is 18.7 Å². The lowest BCUT2D eigenvalue weighted by Crippen LogP contribution is -2.41. The molecule has 0 fully saturated rings. The van der Waals surface area contributed by atoms with Crippen LogP contribution in [-0.4, -0.2) is 35.7 Å². The number of benzene rings is 1. The van der Waals surface area contributed by atoms with Crippen LogP contribution < -0.4 is 5.73 Å². The lowest BCUT2D eigenvalue weighted by molar-refractivity contribution is 0.137. The summed E-state index contributed by atoms with van der Waals surface area (Å²) in [4.78, 5) is 2.28. The van der Waals surface area contributed by atoms with Gasteiger partial charge in [0.1, 0.15) is 0 Å². The normalized spacial score (nSPS) is 14.8. The summed E-state index contributed by atoms with van der Waals surface area (Å²) in [6.07, 6.45) is 1.06. The van der Waals surface area contributed by atoms with Crippen molar-refractivity contribution in [2.45, 2.75) is 39.3 Å². The fraction of sp³-hybridized carbons (Fsp3) is 0.600. The van der Waals surface area contributed by atoms with Crippen LogP contribution in [0.15, 0.2) is 24.3 Å². The average Bonchev–Trinajstić information content (AvgIpc) is 2.29. The number of hydrogen-bond donors (Lipinski definition) is 2. The molecule has 0 heterocycles. The Kier molecular flexibility index (Phi) is 6.33. The highest BCUT2D eigenvalue weighted by Crippen LogP contribution is 2.24. The Balaban J connectivity index is 2.99. The number of aliphatic hydroxyl groups is 1. The van der Waals surface area contributed by atoms with Crippen LogP contribution in [0.1, 0.15) is 37.4 Å². The van der Waals surface area contributed by atoms with Gasteiger partial charge in [-0.3, -0.25) is 4.90 Å². The Hall–Kier alpha value is -0.900. The van der Waals surface area contributed by atoms with Gasteiger partial charge in [0, 0.05) is 18.6 Å². The predicted octanol–water partition coefficient (Wildman–Crippen LogP) is 2.09. The van der Waals surface area contributed by atoms with Gasteiger partial charge in [0.15, 0.2) is 0 Å². The second-order valence-corrected chi connectivity index (χ2v) is 4.98. The van der Waals surface area contributed by atoms with Gasteiger partial charge >= 0.3 is 0 Å². The second-order valence-electron chi connectivity index (χ2n) is 4.98. The summed E-state index contributed by atoms with van der Waals surface area (Å²) in [7, 11) is 0. The number of nitrogens with zero attached hydrogens (tertiary/aromatic N) is 1. The highest BCUT2D eigenvalue weighted by atomic mass is 16.3. The molecule has 2 unspecified atom stereocenters. The van der Waals surface area contributed by atoms with E-state index in [0.717, 1.165) is 13.0 Å². The van der Waals surface area contributed by atoms with Crippen molar-refractivity contribution in [1.82, 2.24) is 4.90 Å². The highest BCUT2D eigenvalue weighted by molar-refractivity contribution is 5.26. The Bertz CT molecular complexity index is 346. The Morgan fingerprint density at radius 1 is 1.33 bits per heavy atom. The lowest BCUT2D eigenvalue weighted by Gasteiger charge is -2.34. The minimum absolute atomic E-state index is 0.0462. The quantitative estimate of drug-likeness (QED) is 0.779. The van der Waals surface area contributed by atoms with Crippen molar-refractivity contribution in [3.63, 3.8) is 0 Å². The molecule has 0 bridgehead atoms. The first kappa shape index (κ1) is 15.2. The first-order chi connectivity index (χ1) is 8.60. The number of nitrogens with two attached hydrogens (primary N) is 1. The van der Waals surface area contributed by atoms with E-state index in [2.05, 4.69) is 43.0 Å². The monoisotopic (exact) mass is 250 g/mol. The third kappa shape index (κ3) is 4.09. The molecule has 0 amide bonds. The number of aliphatic hydroxyl groups excluding tert-OH is 1. The fourth-order valence-corrected chi connectivity index (χ4v) is 2.51. The Morgan fingerprint density at radius 2 is 2.06 bits per heavy atom. The summed E-state index contributed by atoms with van der Waals surface area (Å²) in [6, 6.07) is 8.71. The number of hydrogen-bond acceptors (Lipinski definition) is 3. The smallest absolute Gasteiger partial charge is 0.0558 e. The molecule has 0 spiro atoms. The molecule has 0 saturated carbocycles. The van der Waals surface area contributed by atoms with Crippen molar-refractivity contribution in [2.75, 3.05) is 19.7 Å². The molecule has 0 aliphatic carbocycles. The van der Waals surface area contributed by atoms with Crippen molar-refractivity contribution >= 4 is 0 Å². The maximum atomic E-state index is 9.21. The van der Waals surface area contributed by atoms with E-state index in [1.54, 1.807) is 0 Å². The molecule has 0 saturated heterocycles. The molecule has 1 aromatic carbocycles. The second kappa shape index (κ2) is 7.52. The summed E-state index contributed by atoms with van der Waals surface area (Å²) in [6.45, 7) is 8.09. The summed E-state index contributed by atoms with van der Waals surface area (Å²) >= 11 is 0. The van der Waals surface area contributed by atoms with Crippen LogP contribution in [0.3, 0.4) is 0 Å². The van der Waals surface area contributed by atoms with E-state index in [0.29, 0.717) is 6.54 Å². The van der Waals surface area contributed by atoms with Crippen molar-refractivity contribution < 1.29 is 5.11 Å². The molecular formula is C15H26N2O. The molecule has 3 nitrogen and oxygen atoms in total. The summed E-state index contributed by atoms with van der Waals surface area (Å²) in [5.74, 6) is 0. The lowest BCUT2D eigenvalue weighted by atomic mass is 9.97. The maximum absolute atomic E-state index is 9.21. The van der Waals surface area contributed by atoms with Crippen LogP contribution in [-0.2, 0) is 0 Å². The first-order valence-corrected chi connectivity index (χ1v) is 6.77. The van der Waals surface area contributed by atoms with Gasteiger partial charge in [0.25, 0.3) is 0 Å². The van der Waals surface area contributed by atoms with Gasteiger partial charge in [-0.2, -0.15) is 0 Å². The van der Waals surface area contributed by atoms with E-state index in [4.69, 9.17) is 5.73 Å². The van der Waals surface area contributed by atoms with Gasteiger partial charge in [-0.1, -0.05) is 36.8 Å². The third-order valence-electron chi connectivity index (χ3n) is 3.17. The van der Waals surface area contributed by atoms with Crippen LogP contribution >= 0.6 is 0 Å². The minimum Gasteiger partial charge on any atom is -0.395 e. The molecule has 18 heavy (non-hydrogen) atoms. The zero-order valence-electron chi connectivity index (χ0n) is 11.8. The molecule has 2 atom stereocenters. The summed E-state index contributed by atoms with van der Waals surface area (Å²) in [5.41, 5.74) is 8.65. The summed E-state index contributed by atoms with van der Waals surface area (Å²) in [5, 5.41) is 9.21. The summed E-state index contributed by atoms with van der Waals surface area (Å²) < 4.78 is 0. The molecule has 0 aromatic heterocycles. The predicted molar refractivity (Wildman–Crippen MR) is 76.5 cm³/mol. The van der Waals surface area contributed by atoms with E-state index >= 15 is 0 Å². The molecule has 102 valence electrons. The van der Waals surface area contributed by atoms with Gasteiger partial charge in [-0.25, -0.2) is 0 Å². The van der Waals surface area contributed by atoms with Crippen molar-refractivity contribution in [2.24, 2.45) is 5.73 Å². The van der Waals surface area contributed by atoms with Crippen LogP contribution in [0, 0.1) is 6.92 Å². The average molecular weight is 250 g/mol. The molecule has 0 aliphatic heterocycles. The number of rotatable bonds is 7. The minimum atomic E-state index is 0.0462. The first-order valence-electron chi connectivity index (χ1n) is 6.77. The zero-order valence-corrected chi connectivity index (χ0v) is 11.8. The fourth-order valence-electron chi connectivity index (χ4n) is 2.51. The van der Waals surface area contributed by atoms with Crippen LogP contribution in [0.2, 0.25) is 0 Å². The topological polar surface area (TPSA) is 49.5 Å². The third-order valence-corrected chi connectivity index (χ3v) is 3.17. The standard InChI is InChI=1S/C15H26N2O/c1-4-8-17(9-10-18)15(13(3)16)14-7-5-6-12(2)11-14/h5-7,11,13,15,18H,4,8-10,16H2,1-3H3. The van der Waals surface area contributed by atoms with E-state index in [9.17, 15) is 5.11 Å². The van der Waals surface area contributed by atoms with Gasteiger partial charge in [0.2, 0.25) is 0 Å². The molecule has 0 aliphatic rings.